The highest BCUT2D eigenvalue weighted by molar-refractivity contribution is 5.99. The molecule has 1 unspecified atom stereocenters. The van der Waals surface area contributed by atoms with E-state index < -0.39 is 0 Å². The van der Waals surface area contributed by atoms with Crippen molar-refractivity contribution in [1.82, 2.24) is 9.88 Å². The second-order valence-electron chi connectivity index (χ2n) is 5.05. The van der Waals surface area contributed by atoms with Gasteiger partial charge in [0.25, 0.3) is 5.91 Å². The van der Waals surface area contributed by atoms with Crippen LogP contribution < -0.4 is 5.32 Å². The number of nitrogens with one attached hydrogen (secondary N) is 1. The summed E-state index contributed by atoms with van der Waals surface area (Å²) in [5, 5.41) is 3.28. The van der Waals surface area contributed by atoms with Crippen molar-refractivity contribution in [2.24, 2.45) is 5.92 Å². The second-order valence-corrected chi connectivity index (χ2v) is 5.05. The van der Waals surface area contributed by atoms with Gasteiger partial charge >= 0.3 is 0 Å². The molecule has 1 aromatic heterocycles. The fourth-order valence-corrected chi connectivity index (χ4v) is 1.86. The van der Waals surface area contributed by atoms with Gasteiger partial charge in [0.1, 0.15) is 0 Å². The number of hydrogen-bond acceptors (Lipinski definition) is 3. The summed E-state index contributed by atoms with van der Waals surface area (Å²) in [7, 11) is 1.85. The molecule has 106 valence electrons. The summed E-state index contributed by atoms with van der Waals surface area (Å²) in [6.45, 7) is 8.03. The van der Waals surface area contributed by atoms with Gasteiger partial charge in [0.05, 0.1) is 11.3 Å². The average molecular weight is 263 g/mol. The van der Waals surface area contributed by atoms with E-state index >= 15 is 0 Å². The molecule has 1 aromatic rings. The standard InChI is InChI=1S/C15H25N3O/c1-5-8-17-14-7-9-16-10-13(14)15(19)18(4)11-12(3)6-2/h7,9-10,12H,5-6,8,11H2,1-4H3,(H,16,17). The lowest BCUT2D eigenvalue weighted by atomic mass is 10.1. The van der Waals surface area contributed by atoms with Crippen molar-refractivity contribution in [3.05, 3.63) is 24.0 Å². The summed E-state index contributed by atoms with van der Waals surface area (Å²) in [5.41, 5.74) is 1.53. The van der Waals surface area contributed by atoms with E-state index in [0.29, 0.717) is 11.5 Å². The molecule has 19 heavy (non-hydrogen) atoms. The Hall–Kier alpha value is -1.58. The fraction of sp³-hybridized carbons (Fsp3) is 0.600. The van der Waals surface area contributed by atoms with Crippen LogP contribution in [-0.2, 0) is 0 Å². The van der Waals surface area contributed by atoms with Gasteiger partial charge in [0.2, 0.25) is 0 Å². The van der Waals surface area contributed by atoms with Crippen molar-refractivity contribution in [3.63, 3.8) is 0 Å². The van der Waals surface area contributed by atoms with Gasteiger partial charge in [-0.1, -0.05) is 27.2 Å². The maximum Gasteiger partial charge on any atom is 0.257 e. The van der Waals surface area contributed by atoms with E-state index in [4.69, 9.17) is 0 Å². The number of nitrogens with zero attached hydrogens (tertiary/aromatic N) is 2. The van der Waals surface area contributed by atoms with Crippen LogP contribution in [0.25, 0.3) is 0 Å². The van der Waals surface area contributed by atoms with Crippen molar-refractivity contribution in [1.29, 1.82) is 0 Å². The maximum atomic E-state index is 12.4. The summed E-state index contributed by atoms with van der Waals surface area (Å²) >= 11 is 0. The summed E-state index contributed by atoms with van der Waals surface area (Å²) in [4.78, 5) is 18.3. The van der Waals surface area contributed by atoms with E-state index in [-0.39, 0.29) is 5.91 Å². The molecule has 0 aliphatic carbocycles. The molecule has 1 N–H and O–H groups in total. The Morgan fingerprint density at radius 1 is 1.47 bits per heavy atom. The van der Waals surface area contributed by atoms with Gasteiger partial charge in [-0.3, -0.25) is 9.78 Å². The third kappa shape index (κ3) is 4.54. The SMILES string of the molecule is CCCNc1ccncc1C(=O)N(C)CC(C)CC. The first kappa shape index (κ1) is 15.5. The molecule has 0 fully saturated rings. The smallest absolute Gasteiger partial charge is 0.257 e. The van der Waals surface area contributed by atoms with E-state index in [0.717, 1.165) is 31.6 Å². The Kier molecular flexibility index (Phi) is 6.33. The van der Waals surface area contributed by atoms with E-state index in [9.17, 15) is 4.79 Å². The van der Waals surface area contributed by atoms with Crippen LogP contribution >= 0.6 is 0 Å². The van der Waals surface area contributed by atoms with Gasteiger partial charge in [0.15, 0.2) is 0 Å². The lowest BCUT2D eigenvalue weighted by Gasteiger charge is -2.22. The van der Waals surface area contributed by atoms with Crippen LogP contribution in [0.1, 0.15) is 44.0 Å². The minimum Gasteiger partial charge on any atom is -0.384 e. The van der Waals surface area contributed by atoms with E-state index in [1.807, 2.05) is 13.1 Å². The number of aromatic nitrogens is 1. The largest absolute Gasteiger partial charge is 0.384 e. The van der Waals surface area contributed by atoms with Gasteiger partial charge in [-0.05, 0) is 18.4 Å². The van der Waals surface area contributed by atoms with Crippen LogP contribution in [0.5, 0.6) is 0 Å². The summed E-state index contributed by atoms with van der Waals surface area (Å²) in [6, 6.07) is 1.86. The number of anilines is 1. The van der Waals surface area contributed by atoms with Gasteiger partial charge in [-0.25, -0.2) is 0 Å². The van der Waals surface area contributed by atoms with Crippen LogP contribution in [0.3, 0.4) is 0 Å². The molecule has 1 heterocycles. The highest BCUT2D eigenvalue weighted by Crippen LogP contribution is 2.16. The van der Waals surface area contributed by atoms with Crippen LogP contribution in [0.15, 0.2) is 18.5 Å². The molecule has 1 amide bonds. The van der Waals surface area contributed by atoms with Crippen molar-refractivity contribution in [2.45, 2.75) is 33.6 Å². The molecule has 0 spiro atoms. The first-order valence-electron chi connectivity index (χ1n) is 7.03. The molecular weight excluding hydrogens is 238 g/mol. The zero-order valence-corrected chi connectivity index (χ0v) is 12.4. The lowest BCUT2D eigenvalue weighted by molar-refractivity contribution is 0.0775. The Bertz CT molecular complexity index is 406. The molecule has 1 atom stereocenters. The van der Waals surface area contributed by atoms with Crippen LogP contribution in [-0.4, -0.2) is 35.9 Å². The molecule has 1 rings (SSSR count). The minimum absolute atomic E-state index is 0.0343. The third-order valence-corrected chi connectivity index (χ3v) is 3.25. The Balaban J connectivity index is 2.80. The minimum atomic E-state index is 0.0343. The molecule has 0 aromatic carbocycles. The van der Waals surface area contributed by atoms with Crippen molar-refractivity contribution >= 4 is 11.6 Å². The molecule has 0 saturated heterocycles. The number of carbonyl (C=O) groups is 1. The van der Waals surface area contributed by atoms with Crippen molar-refractivity contribution in [3.8, 4) is 0 Å². The average Bonchev–Trinajstić information content (AvgIpc) is 2.44. The summed E-state index contributed by atoms with van der Waals surface area (Å²) in [5.74, 6) is 0.546. The zero-order valence-electron chi connectivity index (χ0n) is 12.4. The molecule has 4 nitrogen and oxygen atoms in total. The topological polar surface area (TPSA) is 45.2 Å². The highest BCUT2D eigenvalue weighted by atomic mass is 16.2. The second kappa shape index (κ2) is 7.77. The van der Waals surface area contributed by atoms with Gasteiger partial charge in [-0.2, -0.15) is 0 Å². The number of amides is 1. The van der Waals surface area contributed by atoms with Gasteiger partial charge in [-0.15, -0.1) is 0 Å². The molecule has 0 aliphatic rings. The summed E-state index contributed by atoms with van der Waals surface area (Å²) in [6.07, 6.45) is 5.46. The first-order valence-corrected chi connectivity index (χ1v) is 7.03. The number of carbonyl (C=O) groups excluding carboxylic acids is 1. The van der Waals surface area contributed by atoms with Crippen molar-refractivity contribution < 1.29 is 4.79 Å². The quantitative estimate of drug-likeness (QED) is 0.822. The molecule has 4 heteroatoms. The third-order valence-electron chi connectivity index (χ3n) is 3.25. The Labute approximate surface area is 116 Å². The molecule has 0 radical (unpaired) electrons. The monoisotopic (exact) mass is 263 g/mol. The summed E-state index contributed by atoms with van der Waals surface area (Å²) < 4.78 is 0. The van der Waals surface area contributed by atoms with Crippen LogP contribution in [0, 0.1) is 5.92 Å². The normalized spacial score (nSPS) is 12.0. The van der Waals surface area contributed by atoms with Crippen LogP contribution in [0.2, 0.25) is 0 Å². The van der Waals surface area contributed by atoms with Gasteiger partial charge < -0.3 is 10.2 Å². The van der Waals surface area contributed by atoms with E-state index in [2.05, 4.69) is 31.1 Å². The molecule has 0 bridgehead atoms. The lowest BCUT2D eigenvalue weighted by Crippen LogP contribution is -2.31. The van der Waals surface area contributed by atoms with E-state index in [1.165, 1.54) is 0 Å². The Morgan fingerprint density at radius 3 is 2.84 bits per heavy atom. The number of hydrogen-bond donors (Lipinski definition) is 1. The molecule has 0 saturated carbocycles. The number of rotatable bonds is 7. The predicted molar refractivity (Wildman–Crippen MR) is 79.4 cm³/mol. The van der Waals surface area contributed by atoms with Gasteiger partial charge in [0, 0.05) is 32.5 Å². The highest BCUT2D eigenvalue weighted by Gasteiger charge is 2.17. The fourth-order valence-electron chi connectivity index (χ4n) is 1.86. The van der Waals surface area contributed by atoms with E-state index in [1.54, 1.807) is 17.3 Å². The predicted octanol–water partition coefficient (Wildman–Crippen LogP) is 3.02. The Morgan fingerprint density at radius 2 is 2.21 bits per heavy atom. The van der Waals surface area contributed by atoms with Crippen molar-refractivity contribution in [2.75, 3.05) is 25.5 Å². The molecular formula is C15H25N3O. The molecule has 0 aliphatic heterocycles. The number of pyridine rings is 1. The van der Waals surface area contributed by atoms with Crippen LogP contribution in [0.4, 0.5) is 5.69 Å². The zero-order chi connectivity index (χ0) is 14.3. The maximum absolute atomic E-state index is 12.4. The first-order chi connectivity index (χ1) is 9.10.